The number of carbonyl (C=O) groups excluding carboxylic acids is 2. The highest BCUT2D eigenvalue weighted by Gasteiger charge is 2.18. The fourth-order valence-corrected chi connectivity index (χ4v) is 2.69. The standard InChI is InChI=1S/C22H26N8O3/c1-22(2,33)13-27-17-7-19(26-11-15(17)9-24)29-21(32)30(4)20-6-5-16(18(12-31)28-20)14(8-23)10-25-3/h5-8,10-12,33H,13,23H2,1-4H3,(H2,26,27,29,32). The summed E-state index contributed by atoms with van der Waals surface area (Å²) < 4.78 is 0. The van der Waals surface area contributed by atoms with Crippen LogP contribution in [0.4, 0.5) is 22.1 Å². The normalized spacial score (nSPS) is 11.7. The zero-order chi connectivity index (χ0) is 24.6. The van der Waals surface area contributed by atoms with Crippen LogP contribution in [0.15, 0.2) is 35.6 Å². The van der Waals surface area contributed by atoms with Crippen LogP contribution in [0, 0.1) is 11.3 Å². The first kappa shape index (κ1) is 25.0. The summed E-state index contributed by atoms with van der Waals surface area (Å²) in [5.41, 5.74) is 6.37. The SMILES string of the molecule is CN=CC(=CN)c1ccc(N(C)C(=O)Nc2cc(NCC(C)(C)O)c(C#N)cn2)nc1C=O. The molecule has 0 aliphatic carbocycles. The van der Waals surface area contributed by atoms with Crippen LogP contribution in [0.5, 0.6) is 0 Å². The number of nitrogens with two attached hydrogens (primary N) is 1. The predicted octanol–water partition coefficient (Wildman–Crippen LogP) is 2.01. The van der Waals surface area contributed by atoms with Gasteiger partial charge in [-0.25, -0.2) is 14.8 Å². The van der Waals surface area contributed by atoms with E-state index in [1.165, 1.54) is 36.6 Å². The highest BCUT2D eigenvalue weighted by molar-refractivity contribution is 6.12. The lowest BCUT2D eigenvalue weighted by Gasteiger charge is -2.20. The van der Waals surface area contributed by atoms with Crippen LogP contribution in [0.25, 0.3) is 5.57 Å². The molecule has 0 aromatic carbocycles. The van der Waals surface area contributed by atoms with Gasteiger partial charge in [-0.05, 0) is 26.0 Å². The molecule has 172 valence electrons. The number of nitrogens with zero attached hydrogens (tertiary/aromatic N) is 5. The largest absolute Gasteiger partial charge is 0.404 e. The molecule has 11 nitrogen and oxygen atoms in total. The summed E-state index contributed by atoms with van der Waals surface area (Å²) in [6.45, 7) is 3.43. The second-order valence-corrected chi connectivity index (χ2v) is 7.61. The average molecular weight is 451 g/mol. The minimum atomic E-state index is -1.00. The highest BCUT2D eigenvalue weighted by Crippen LogP contribution is 2.22. The topological polar surface area (TPSA) is 170 Å². The number of aromatic nitrogens is 2. The maximum Gasteiger partial charge on any atom is 0.328 e. The number of nitriles is 1. The molecule has 0 saturated heterocycles. The number of aldehydes is 1. The lowest BCUT2D eigenvalue weighted by atomic mass is 10.1. The molecule has 2 amide bonds. The van der Waals surface area contributed by atoms with Crippen LogP contribution in [-0.2, 0) is 0 Å². The van der Waals surface area contributed by atoms with Gasteiger partial charge in [0.25, 0.3) is 0 Å². The number of amides is 2. The number of allylic oxidation sites excluding steroid dienone is 1. The number of hydrogen-bond acceptors (Lipinski definition) is 9. The number of anilines is 3. The van der Waals surface area contributed by atoms with Gasteiger partial charge in [-0.1, -0.05) is 0 Å². The Bertz CT molecular complexity index is 1130. The highest BCUT2D eigenvalue weighted by atomic mass is 16.3. The maximum absolute atomic E-state index is 12.7. The molecule has 0 radical (unpaired) electrons. The molecule has 0 fully saturated rings. The summed E-state index contributed by atoms with van der Waals surface area (Å²) in [7, 11) is 3.06. The molecule has 0 bridgehead atoms. The second-order valence-electron chi connectivity index (χ2n) is 7.61. The molecule has 2 heterocycles. The van der Waals surface area contributed by atoms with Crippen molar-refractivity contribution >= 4 is 41.4 Å². The molecule has 2 rings (SSSR count). The van der Waals surface area contributed by atoms with Gasteiger partial charge in [-0.15, -0.1) is 0 Å². The number of urea groups is 1. The van der Waals surface area contributed by atoms with Crippen molar-refractivity contribution < 1.29 is 14.7 Å². The number of hydrogen-bond donors (Lipinski definition) is 4. The summed E-state index contributed by atoms with van der Waals surface area (Å²) in [6, 6.07) is 6.12. The van der Waals surface area contributed by atoms with E-state index in [4.69, 9.17) is 5.73 Å². The number of aliphatic hydroxyl groups is 1. The minimum Gasteiger partial charge on any atom is -0.404 e. The van der Waals surface area contributed by atoms with Crippen molar-refractivity contribution in [1.82, 2.24) is 9.97 Å². The third-order valence-corrected chi connectivity index (χ3v) is 4.40. The summed E-state index contributed by atoms with van der Waals surface area (Å²) in [5.74, 6) is 0.404. The van der Waals surface area contributed by atoms with Crippen LogP contribution in [0.1, 0.15) is 35.5 Å². The predicted molar refractivity (Wildman–Crippen MR) is 127 cm³/mol. The van der Waals surface area contributed by atoms with Gasteiger partial charge in [-0.2, -0.15) is 5.26 Å². The molecule has 2 aromatic rings. The first-order valence-electron chi connectivity index (χ1n) is 9.85. The molecule has 0 spiro atoms. The number of pyridine rings is 2. The molecule has 0 unspecified atom stereocenters. The van der Waals surface area contributed by atoms with E-state index in [9.17, 15) is 20.0 Å². The molecule has 5 N–H and O–H groups in total. The Labute approximate surface area is 191 Å². The monoisotopic (exact) mass is 450 g/mol. The summed E-state index contributed by atoms with van der Waals surface area (Å²) >= 11 is 0. The zero-order valence-electron chi connectivity index (χ0n) is 18.8. The van der Waals surface area contributed by atoms with Gasteiger partial charge in [-0.3, -0.25) is 20.0 Å². The van der Waals surface area contributed by atoms with Crippen LogP contribution in [0.3, 0.4) is 0 Å². The van der Waals surface area contributed by atoms with E-state index in [0.717, 1.165) is 0 Å². The Morgan fingerprint density at radius 3 is 2.73 bits per heavy atom. The molecule has 0 aliphatic heterocycles. The van der Waals surface area contributed by atoms with Crippen LogP contribution in [-0.4, -0.2) is 59.8 Å². The average Bonchev–Trinajstić information content (AvgIpc) is 2.80. The third kappa shape index (κ3) is 6.59. The van der Waals surface area contributed by atoms with E-state index in [0.29, 0.717) is 23.1 Å². The molecule has 0 saturated carbocycles. The molecule has 0 atom stereocenters. The molecule has 2 aromatic heterocycles. The van der Waals surface area contributed by atoms with E-state index in [2.05, 4.69) is 25.6 Å². The second kappa shape index (κ2) is 10.8. The minimum absolute atomic E-state index is 0.0957. The maximum atomic E-state index is 12.7. The van der Waals surface area contributed by atoms with Gasteiger partial charge in [0.15, 0.2) is 6.29 Å². The lowest BCUT2D eigenvalue weighted by Crippen LogP contribution is -2.32. The van der Waals surface area contributed by atoms with Gasteiger partial charge in [0.2, 0.25) is 0 Å². The number of nitrogens with one attached hydrogen (secondary N) is 2. The molecule has 0 aliphatic rings. The van der Waals surface area contributed by atoms with Gasteiger partial charge in [0.1, 0.15) is 23.4 Å². The zero-order valence-corrected chi connectivity index (χ0v) is 18.8. The van der Waals surface area contributed by atoms with E-state index < -0.39 is 11.6 Å². The summed E-state index contributed by atoms with van der Waals surface area (Å²) in [4.78, 5) is 37.7. The third-order valence-electron chi connectivity index (χ3n) is 4.40. The Hall–Kier alpha value is -4.30. The van der Waals surface area contributed by atoms with Crippen LogP contribution < -0.4 is 21.3 Å². The van der Waals surface area contributed by atoms with Gasteiger partial charge >= 0.3 is 6.03 Å². The van der Waals surface area contributed by atoms with Crippen LogP contribution >= 0.6 is 0 Å². The first-order valence-corrected chi connectivity index (χ1v) is 9.85. The van der Waals surface area contributed by atoms with Gasteiger partial charge in [0, 0.05) is 56.5 Å². The molecule has 11 heteroatoms. The summed E-state index contributed by atoms with van der Waals surface area (Å²) in [5, 5.41) is 24.8. The van der Waals surface area contributed by atoms with E-state index in [-0.39, 0.29) is 29.4 Å². The summed E-state index contributed by atoms with van der Waals surface area (Å²) in [6.07, 6.45) is 4.70. The van der Waals surface area contributed by atoms with Crippen molar-refractivity contribution in [2.24, 2.45) is 10.7 Å². The van der Waals surface area contributed by atoms with Crippen molar-refractivity contribution in [3.63, 3.8) is 0 Å². The molecular weight excluding hydrogens is 424 g/mol. The van der Waals surface area contributed by atoms with Crippen LogP contribution in [0.2, 0.25) is 0 Å². The van der Waals surface area contributed by atoms with Gasteiger partial charge in [0.05, 0.1) is 16.9 Å². The van der Waals surface area contributed by atoms with Crippen molar-refractivity contribution in [3.8, 4) is 6.07 Å². The number of rotatable bonds is 8. The van der Waals surface area contributed by atoms with Crippen molar-refractivity contribution in [2.75, 3.05) is 36.2 Å². The lowest BCUT2D eigenvalue weighted by molar-refractivity contribution is 0.0945. The smallest absolute Gasteiger partial charge is 0.328 e. The molecule has 33 heavy (non-hydrogen) atoms. The fraction of sp³-hybridized carbons (Fsp3) is 0.273. The van der Waals surface area contributed by atoms with E-state index >= 15 is 0 Å². The first-order chi connectivity index (χ1) is 15.6. The van der Waals surface area contributed by atoms with E-state index in [1.807, 2.05) is 6.07 Å². The van der Waals surface area contributed by atoms with Gasteiger partial charge < -0.3 is 16.2 Å². The Balaban J connectivity index is 2.25. The quantitative estimate of drug-likeness (QED) is 0.349. The van der Waals surface area contributed by atoms with Crippen molar-refractivity contribution in [1.29, 1.82) is 5.26 Å². The van der Waals surface area contributed by atoms with Crippen molar-refractivity contribution in [3.05, 3.63) is 47.4 Å². The Morgan fingerprint density at radius 1 is 1.42 bits per heavy atom. The van der Waals surface area contributed by atoms with Crippen molar-refractivity contribution in [2.45, 2.75) is 19.4 Å². The fourth-order valence-electron chi connectivity index (χ4n) is 2.69. The Morgan fingerprint density at radius 2 is 2.15 bits per heavy atom. The number of carbonyl (C=O) groups is 2. The Kier molecular flexibility index (Phi) is 8.19. The molecular formula is C22H26N8O3. The van der Waals surface area contributed by atoms with E-state index in [1.54, 1.807) is 33.0 Å². The number of aliphatic imine (C=N–C) groups is 1.